The monoisotopic (exact) mass is 504 g/mol. The van der Waals surface area contributed by atoms with Gasteiger partial charge in [0.2, 0.25) is 4.38 Å². The van der Waals surface area contributed by atoms with Gasteiger partial charge in [-0.1, -0.05) is 50.3 Å². The van der Waals surface area contributed by atoms with Crippen LogP contribution in [-0.2, 0) is 28.6 Å². The molecule has 0 aromatic carbocycles. The molecule has 0 amide bonds. The Balaban J connectivity index is 4.30. The van der Waals surface area contributed by atoms with Crippen LogP contribution in [0.4, 0.5) is 0 Å². The lowest BCUT2D eigenvalue weighted by Gasteiger charge is -2.21. The Labute approximate surface area is 210 Å². The Morgan fingerprint density at radius 1 is 0.848 bits per heavy atom. The minimum atomic E-state index is -0.751. The molecule has 0 heterocycles. The van der Waals surface area contributed by atoms with Crippen LogP contribution < -0.4 is 0 Å². The van der Waals surface area contributed by atoms with Crippen molar-refractivity contribution in [3.05, 3.63) is 0 Å². The van der Waals surface area contributed by atoms with Crippen LogP contribution >= 0.6 is 24.0 Å². The first kappa shape index (κ1) is 31.9. The van der Waals surface area contributed by atoms with Gasteiger partial charge in [-0.05, 0) is 73.0 Å². The minimum Gasteiger partial charge on any atom is -0.479 e. The third-order valence-electron chi connectivity index (χ3n) is 5.10. The number of Topliss-reactive ketones (excluding diaryl/α,β-unsaturated/α-hetero) is 1. The van der Waals surface area contributed by atoms with E-state index in [-0.39, 0.29) is 23.6 Å². The van der Waals surface area contributed by atoms with Crippen molar-refractivity contribution in [3.8, 4) is 0 Å². The minimum absolute atomic E-state index is 0.0415. The van der Waals surface area contributed by atoms with Crippen molar-refractivity contribution in [2.75, 3.05) is 19.8 Å². The second-order valence-corrected chi connectivity index (χ2v) is 11.1. The highest BCUT2D eigenvalue weighted by molar-refractivity contribution is 8.23. The van der Waals surface area contributed by atoms with Crippen LogP contribution in [0.25, 0.3) is 0 Å². The molecule has 0 aliphatic carbocycles. The standard InChI is InChI=1S/C25H44O6S2/c1-7-29-22(27)21(19(3)26)18-20(33-24(32)30-8-2)16-14-12-10-9-11-13-15-17-31-23(28)25(4,5)6/h20-21H,7-18H2,1-6H3. The lowest BCUT2D eigenvalue weighted by molar-refractivity contribution is -0.153. The maximum atomic E-state index is 12.2. The predicted molar refractivity (Wildman–Crippen MR) is 138 cm³/mol. The van der Waals surface area contributed by atoms with E-state index in [2.05, 4.69) is 0 Å². The molecule has 6 nitrogen and oxygen atoms in total. The number of thioether (sulfide) groups is 1. The highest BCUT2D eigenvalue weighted by atomic mass is 32.2. The van der Waals surface area contributed by atoms with Gasteiger partial charge in [-0.3, -0.25) is 14.4 Å². The molecular formula is C25H44O6S2. The third kappa shape index (κ3) is 16.2. The molecule has 0 rings (SSSR count). The van der Waals surface area contributed by atoms with E-state index in [9.17, 15) is 14.4 Å². The highest BCUT2D eigenvalue weighted by Crippen LogP contribution is 2.28. The van der Waals surface area contributed by atoms with Gasteiger partial charge in [0.15, 0.2) is 0 Å². The molecule has 33 heavy (non-hydrogen) atoms. The number of unbranched alkanes of at least 4 members (excludes halogenated alkanes) is 6. The lowest BCUT2D eigenvalue weighted by atomic mass is 9.96. The van der Waals surface area contributed by atoms with Gasteiger partial charge in [-0.25, -0.2) is 0 Å². The summed E-state index contributed by atoms with van der Waals surface area (Å²) in [5.74, 6) is -1.52. The zero-order chi connectivity index (χ0) is 25.3. The number of carbonyl (C=O) groups excluding carboxylic acids is 3. The van der Waals surface area contributed by atoms with Crippen LogP contribution in [0.15, 0.2) is 0 Å². The van der Waals surface area contributed by atoms with Crippen LogP contribution in [0.3, 0.4) is 0 Å². The van der Waals surface area contributed by atoms with Gasteiger partial charge in [0.1, 0.15) is 11.7 Å². The number of carbonyl (C=O) groups is 3. The molecule has 0 aromatic rings. The number of rotatable bonds is 17. The first-order valence-electron chi connectivity index (χ1n) is 12.2. The Morgan fingerprint density at radius 2 is 1.39 bits per heavy atom. The molecule has 2 atom stereocenters. The molecule has 0 fully saturated rings. The second-order valence-electron chi connectivity index (χ2n) is 9.22. The quantitative estimate of drug-likeness (QED) is 0.0991. The average molecular weight is 505 g/mol. The number of thiocarbonyl (C=S) groups is 1. The molecule has 0 saturated carbocycles. The zero-order valence-corrected chi connectivity index (χ0v) is 23.0. The van der Waals surface area contributed by atoms with E-state index in [0.717, 1.165) is 51.4 Å². The fraction of sp³-hybridized carbons (Fsp3) is 0.840. The fourth-order valence-corrected chi connectivity index (χ4v) is 4.74. The number of hydrogen-bond donors (Lipinski definition) is 0. The van der Waals surface area contributed by atoms with Crippen molar-refractivity contribution < 1.29 is 28.6 Å². The molecule has 0 aliphatic rings. The van der Waals surface area contributed by atoms with Gasteiger partial charge in [0, 0.05) is 5.25 Å². The van der Waals surface area contributed by atoms with Gasteiger partial charge in [-0.2, -0.15) is 0 Å². The molecule has 0 spiro atoms. The zero-order valence-electron chi connectivity index (χ0n) is 21.4. The average Bonchev–Trinajstić information content (AvgIpc) is 2.72. The largest absolute Gasteiger partial charge is 0.479 e. The fourth-order valence-electron chi connectivity index (χ4n) is 3.19. The smallest absolute Gasteiger partial charge is 0.316 e. The Kier molecular flexibility index (Phi) is 17.6. The van der Waals surface area contributed by atoms with Crippen LogP contribution in [-0.4, -0.2) is 47.2 Å². The summed E-state index contributed by atoms with van der Waals surface area (Å²) >= 11 is 6.72. The van der Waals surface area contributed by atoms with Crippen LogP contribution in [0.2, 0.25) is 0 Å². The molecule has 8 heteroatoms. The summed E-state index contributed by atoms with van der Waals surface area (Å²) in [6.45, 7) is 11.9. The molecule has 192 valence electrons. The maximum absolute atomic E-state index is 12.2. The summed E-state index contributed by atoms with van der Waals surface area (Å²) in [5.41, 5.74) is -0.441. The number of ketones is 1. The summed E-state index contributed by atoms with van der Waals surface area (Å²) < 4.78 is 16.2. The molecule has 0 radical (unpaired) electrons. The van der Waals surface area contributed by atoms with Crippen LogP contribution in [0, 0.1) is 11.3 Å². The van der Waals surface area contributed by atoms with E-state index < -0.39 is 17.3 Å². The van der Waals surface area contributed by atoms with Gasteiger partial charge in [0.05, 0.1) is 25.2 Å². The number of ether oxygens (including phenoxy) is 3. The Morgan fingerprint density at radius 3 is 1.91 bits per heavy atom. The number of hydrogen-bond acceptors (Lipinski definition) is 8. The first-order valence-corrected chi connectivity index (χ1v) is 13.5. The maximum Gasteiger partial charge on any atom is 0.316 e. The third-order valence-corrected chi connectivity index (χ3v) is 6.58. The van der Waals surface area contributed by atoms with Crippen molar-refractivity contribution in [2.45, 2.75) is 105 Å². The van der Waals surface area contributed by atoms with Gasteiger partial charge in [0.25, 0.3) is 0 Å². The van der Waals surface area contributed by atoms with Crippen LogP contribution in [0.5, 0.6) is 0 Å². The molecule has 0 aromatic heterocycles. The molecule has 0 N–H and O–H groups in total. The highest BCUT2D eigenvalue weighted by Gasteiger charge is 2.29. The van der Waals surface area contributed by atoms with Gasteiger partial charge in [-0.15, -0.1) is 0 Å². The van der Waals surface area contributed by atoms with E-state index in [1.807, 2.05) is 27.7 Å². The van der Waals surface area contributed by atoms with Gasteiger partial charge >= 0.3 is 11.9 Å². The van der Waals surface area contributed by atoms with Crippen molar-refractivity contribution >= 4 is 46.1 Å². The van der Waals surface area contributed by atoms with Crippen molar-refractivity contribution in [2.24, 2.45) is 11.3 Å². The summed E-state index contributed by atoms with van der Waals surface area (Å²) in [5, 5.41) is 0.0415. The predicted octanol–water partition coefficient (Wildman–Crippen LogP) is 6.28. The summed E-state index contributed by atoms with van der Waals surface area (Å²) in [4.78, 5) is 35.9. The SMILES string of the molecule is CCOC(=O)C(CC(CCCCCCCCCOC(=O)C(C)(C)C)SC(=S)OCC)C(C)=O. The molecular weight excluding hydrogens is 460 g/mol. The van der Waals surface area contributed by atoms with E-state index >= 15 is 0 Å². The summed E-state index contributed by atoms with van der Waals surface area (Å²) in [6, 6.07) is 0. The van der Waals surface area contributed by atoms with E-state index in [4.69, 9.17) is 26.4 Å². The first-order chi connectivity index (χ1) is 15.5. The lowest BCUT2D eigenvalue weighted by Crippen LogP contribution is -2.28. The topological polar surface area (TPSA) is 78.9 Å². The summed E-state index contributed by atoms with van der Waals surface area (Å²) in [6.07, 6.45) is 8.71. The van der Waals surface area contributed by atoms with Crippen molar-refractivity contribution in [1.82, 2.24) is 0 Å². The molecule has 0 saturated heterocycles. The molecule has 0 bridgehead atoms. The van der Waals surface area contributed by atoms with Crippen LogP contribution in [0.1, 0.15) is 99.3 Å². The normalized spacial score (nSPS) is 13.2. The number of esters is 2. The molecule has 0 aliphatic heterocycles. The van der Waals surface area contributed by atoms with Gasteiger partial charge < -0.3 is 14.2 Å². The van der Waals surface area contributed by atoms with E-state index in [1.54, 1.807) is 6.92 Å². The van der Waals surface area contributed by atoms with E-state index in [0.29, 0.717) is 24.0 Å². The van der Waals surface area contributed by atoms with E-state index in [1.165, 1.54) is 18.7 Å². The summed E-state index contributed by atoms with van der Waals surface area (Å²) in [7, 11) is 0. The van der Waals surface area contributed by atoms with Crippen molar-refractivity contribution in [3.63, 3.8) is 0 Å². The Bertz CT molecular complexity index is 600. The van der Waals surface area contributed by atoms with Crippen molar-refractivity contribution in [1.29, 1.82) is 0 Å². The second kappa shape index (κ2) is 18.2. The molecule has 2 unspecified atom stereocenters. The Hall–Kier alpha value is -1.15.